The van der Waals surface area contributed by atoms with Gasteiger partial charge in [-0.1, -0.05) is 40.5 Å². The van der Waals surface area contributed by atoms with E-state index in [1.54, 1.807) is 0 Å². The van der Waals surface area contributed by atoms with E-state index >= 15 is 0 Å². The molecular weight excluding hydrogens is 256 g/mol. The lowest BCUT2D eigenvalue weighted by Gasteiger charge is -2.05. The van der Waals surface area contributed by atoms with E-state index < -0.39 is 0 Å². The predicted molar refractivity (Wildman–Crippen MR) is 94.5 cm³/mol. The maximum atomic E-state index is 11.2. The summed E-state index contributed by atoms with van der Waals surface area (Å²) in [4.78, 5) is 11.2. The van der Waals surface area contributed by atoms with Gasteiger partial charge in [0.1, 0.15) is 6.29 Å². The Bertz CT molecular complexity index is 436. The first-order chi connectivity index (χ1) is 9.86. The molecule has 0 aliphatic carbocycles. The van der Waals surface area contributed by atoms with Crippen molar-refractivity contribution in [2.75, 3.05) is 0 Å². The van der Waals surface area contributed by atoms with Crippen LogP contribution >= 0.6 is 0 Å². The molecule has 1 heteroatoms. The van der Waals surface area contributed by atoms with E-state index in [9.17, 15) is 4.79 Å². The summed E-state index contributed by atoms with van der Waals surface area (Å²) in [6.07, 6.45) is 12.7. The summed E-state index contributed by atoms with van der Waals surface area (Å²) in [6.45, 7) is 12.7. The van der Waals surface area contributed by atoms with Gasteiger partial charge in [0.25, 0.3) is 0 Å². The van der Waals surface area contributed by atoms with Crippen molar-refractivity contribution in [1.82, 2.24) is 0 Å². The van der Waals surface area contributed by atoms with Crippen LogP contribution in [0.4, 0.5) is 0 Å². The van der Waals surface area contributed by atoms with Crippen LogP contribution in [-0.4, -0.2) is 6.29 Å². The second-order valence-electron chi connectivity index (χ2n) is 6.32. The SMILES string of the molecule is CC(C)=CCC/C(C)=C/C/C(C=O)=C(/C)CCC=C(C)C. The molecule has 0 bridgehead atoms. The van der Waals surface area contributed by atoms with E-state index in [1.165, 1.54) is 22.3 Å². The first-order valence-electron chi connectivity index (χ1n) is 7.93. The van der Waals surface area contributed by atoms with Crippen molar-refractivity contribution in [3.8, 4) is 0 Å². The fourth-order valence-electron chi connectivity index (χ4n) is 2.04. The molecule has 0 heterocycles. The van der Waals surface area contributed by atoms with Gasteiger partial charge < -0.3 is 0 Å². The Morgan fingerprint density at radius 1 is 0.762 bits per heavy atom. The van der Waals surface area contributed by atoms with Crippen LogP contribution in [0.25, 0.3) is 0 Å². The van der Waals surface area contributed by atoms with Crippen LogP contribution in [0.1, 0.15) is 73.6 Å². The van der Waals surface area contributed by atoms with Crippen molar-refractivity contribution in [1.29, 1.82) is 0 Å². The summed E-state index contributed by atoms with van der Waals surface area (Å²) in [5.41, 5.74) is 6.23. The van der Waals surface area contributed by atoms with Gasteiger partial charge >= 0.3 is 0 Å². The van der Waals surface area contributed by atoms with Gasteiger partial charge in [0.15, 0.2) is 0 Å². The van der Waals surface area contributed by atoms with Crippen molar-refractivity contribution in [3.05, 3.63) is 46.1 Å². The molecule has 0 saturated heterocycles. The third kappa shape index (κ3) is 11.0. The molecule has 0 radical (unpaired) electrons. The van der Waals surface area contributed by atoms with E-state index in [4.69, 9.17) is 0 Å². The Balaban J connectivity index is 4.50. The smallest absolute Gasteiger partial charge is 0.146 e. The molecule has 0 unspecified atom stereocenters. The highest BCUT2D eigenvalue weighted by Crippen LogP contribution is 2.16. The Morgan fingerprint density at radius 2 is 1.29 bits per heavy atom. The summed E-state index contributed by atoms with van der Waals surface area (Å²) in [6, 6.07) is 0. The van der Waals surface area contributed by atoms with Gasteiger partial charge in [-0.05, 0) is 79.2 Å². The largest absolute Gasteiger partial charge is 0.298 e. The van der Waals surface area contributed by atoms with E-state index in [0.29, 0.717) is 0 Å². The standard InChI is InChI=1S/C20H32O/c1-16(2)9-7-11-18(5)13-14-20(15-21)19(6)12-8-10-17(3)4/h9-10,13,15H,7-8,11-12,14H2,1-6H3/b18-13+,20-19+. The van der Waals surface area contributed by atoms with Gasteiger partial charge in [0, 0.05) is 0 Å². The first-order valence-corrected chi connectivity index (χ1v) is 7.93. The summed E-state index contributed by atoms with van der Waals surface area (Å²) in [5, 5.41) is 0. The number of allylic oxidation sites excluding steroid dienone is 8. The molecule has 0 aliphatic heterocycles. The van der Waals surface area contributed by atoms with Gasteiger partial charge in [-0.3, -0.25) is 4.79 Å². The molecule has 0 amide bonds. The monoisotopic (exact) mass is 288 g/mol. The van der Waals surface area contributed by atoms with E-state index in [0.717, 1.165) is 44.0 Å². The molecule has 0 saturated carbocycles. The number of carbonyl (C=O) groups is 1. The highest BCUT2D eigenvalue weighted by atomic mass is 16.1. The second-order valence-corrected chi connectivity index (χ2v) is 6.32. The zero-order valence-electron chi connectivity index (χ0n) is 14.8. The first kappa shape index (κ1) is 19.6. The summed E-state index contributed by atoms with van der Waals surface area (Å²) < 4.78 is 0. The maximum Gasteiger partial charge on any atom is 0.146 e. The molecule has 0 aliphatic rings. The Labute approximate surface area is 131 Å². The topological polar surface area (TPSA) is 17.1 Å². The minimum absolute atomic E-state index is 0.769. The summed E-state index contributed by atoms with van der Waals surface area (Å²) >= 11 is 0. The minimum Gasteiger partial charge on any atom is -0.298 e. The van der Waals surface area contributed by atoms with Gasteiger partial charge in [-0.2, -0.15) is 0 Å². The molecule has 0 rings (SSSR count). The molecule has 118 valence electrons. The fourth-order valence-corrected chi connectivity index (χ4v) is 2.04. The van der Waals surface area contributed by atoms with Crippen molar-refractivity contribution in [2.24, 2.45) is 0 Å². The Morgan fingerprint density at radius 3 is 1.76 bits per heavy atom. The third-order valence-electron chi connectivity index (χ3n) is 3.52. The molecule has 0 atom stereocenters. The number of hydrogen-bond donors (Lipinski definition) is 0. The van der Waals surface area contributed by atoms with Crippen molar-refractivity contribution >= 4 is 6.29 Å². The number of hydrogen-bond acceptors (Lipinski definition) is 1. The molecule has 0 aromatic rings. The van der Waals surface area contributed by atoms with Crippen molar-refractivity contribution in [3.63, 3.8) is 0 Å². The average molecular weight is 288 g/mol. The van der Waals surface area contributed by atoms with Crippen LogP contribution in [0.5, 0.6) is 0 Å². The number of rotatable bonds is 9. The highest BCUT2D eigenvalue weighted by molar-refractivity contribution is 5.74. The third-order valence-corrected chi connectivity index (χ3v) is 3.52. The summed E-state index contributed by atoms with van der Waals surface area (Å²) in [5.74, 6) is 0. The van der Waals surface area contributed by atoms with Crippen LogP contribution in [0, 0.1) is 0 Å². The van der Waals surface area contributed by atoms with Crippen LogP contribution in [0.3, 0.4) is 0 Å². The molecule has 0 N–H and O–H groups in total. The van der Waals surface area contributed by atoms with Crippen LogP contribution in [0.2, 0.25) is 0 Å². The highest BCUT2D eigenvalue weighted by Gasteiger charge is 2.00. The van der Waals surface area contributed by atoms with Crippen molar-refractivity contribution < 1.29 is 4.79 Å². The van der Waals surface area contributed by atoms with Crippen LogP contribution in [-0.2, 0) is 4.79 Å². The van der Waals surface area contributed by atoms with Crippen LogP contribution < -0.4 is 0 Å². The van der Waals surface area contributed by atoms with Gasteiger partial charge in [-0.15, -0.1) is 0 Å². The zero-order valence-corrected chi connectivity index (χ0v) is 14.8. The van der Waals surface area contributed by atoms with E-state index in [2.05, 4.69) is 59.8 Å². The second kappa shape index (κ2) is 11.3. The van der Waals surface area contributed by atoms with Gasteiger partial charge in [0.05, 0.1) is 0 Å². The molecule has 1 nitrogen and oxygen atoms in total. The molecule has 21 heavy (non-hydrogen) atoms. The van der Waals surface area contributed by atoms with E-state index in [-0.39, 0.29) is 0 Å². The molecular formula is C20H32O. The fraction of sp³-hybridized carbons (Fsp3) is 0.550. The quantitative estimate of drug-likeness (QED) is 0.275. The average Bonchev–Trinajstić information content (AvgIpc) is 2.38. The van der Waals surface area contributed by atoms with Gasteiger partial charge in [0.2, 0.25) is 0 Å². The maximum absolute atomic E-state index is 11.2. The zero-order chi connectivity index (χ0) is 16.3. The minimum atomic E-state index is 0.769. The van der Waals surface area contributed by atoms with Crippen LogP contribution in [0.15, 0.2) is 46.1 Å². The number of carbonyl (C=O) groups excluding carboxylic acids is 1. The molecule has 0 fully saturated rings. The lowest BCUT2D eigenvalue weighted by atomic mass is 10.0. The Kier molecular flexibility index (Phi) is 10.6. The summed E-state index contributed by atoms with van der Waals surface area (Å²) in [7, 11) is 0. The van der Waals surface area contributed by atoms with Gasteiger partial charge in [-0.25, -0.2) is 0 Å². The molecule has 0 aromatic heterocycles. The van der Waals surface area contributed by atoms with Crippen molar-refractivity contribution in [2.45, 2.75) is 73.6 Å². The predicted octanol–water partition coefficient (Wildman–Crippen LogP) is 6.33. The number of aldehydes is 1. The lowest BCUT2D eigenvalue weighted by Crippen LogP contribution is -1.91. The molecule has 0 spiro atoms. The lowest BCUT2D eigenvalue weighted by molar-refractivity contribution is -0.105. The van der Waals surface area contributed by atoms with E-state index in [1.807, 2.05) is 0 Å². The Hall–Kier alpha value is -1.37. The normalized spacial score (nSPS) is 12.6. The molecule has 0 aromatic carbocycles.